The summed E-state index contributed by atoms with van der Waals surface area (Å²) in [5.41, 5.74) is 4.24. The quantitative estimate of drug-likeness (QED) is 0.489. The minimum Gasteiger partial charge on any atom is -0.493 e. The van der Waals surface area contributed by atoms with Crippen LogP contribution in [0.2, 0.25) is 10.0 Å². The second-order valence-electron chi connectivity index (χ2n) is 6.24. The molecule has 3 rings (SSSR count). The van der Waals surface area contributed by atoms with E-state index >= 15 is 0 Å². The molecule has 0 atom stereocenters. The van der Waals surface area contributed by atoms with Crippen molar-refractivity contribution >= 4 is 28.9 Å². The molecule has 1 N–H and O–H groups in total. The number of methoxy groups -OCH3 is 1. The van der Waals surface area contributed by atoms with Crippen molar-refractivity contribution in [2.24, 2.45) is 0 Å². The summed E-state index contributed by atoms with van der Waals surface area (Å²) in [6, 6.07) is 19.6. The normalized spacial score (nSPS) is 10.5. The number of halogens is 2. The highest BCUT2D eigenvalue weighted by atomic mass is 35.5. The van der Waals surface area contributed by atoms with E-state index in [9.17, 15) is 0 Å². The Labute approximate surface area is 169 Å². The molecular formula is C22H21Cl2NO2. The molecule has 0 heterocycles. The first-order chi connectivity index (χ1) is 13.0. The summed E-state index contributed by atoms with van der Waals surface area (Å²) in [6.45, 7) is 3.17. The molecule has 0 amide bonds. The van der Waals surface area contributed by atoms with E-state index in [2.05, 4.69) is 36.5 Å². The number of rotatable bonds is 7. The standard InChI is InChI=1S/C22H21Cl2NO2/c1-15-3-5-16(6-4-15)14-27-21-10-7-17(11-22(21)26-2)13-25-20-9-8-18(23)12-19(20)24/h3-12,25H,13-14H2,1-2H3. The average Bonchev–Trinajstić information content (AvgIpc) is 2.67. The van der Waals surface area contributed by atoms with Crippen LogP contribution >= 0.6 is 23.2 Å². The van der Waals surface area contributed by atoms with E-state index in [4.69, 9.17) is 32.7 Å². The topological polar surface area (TPSA) is 30.5 Å². The van der Waals surface area contributed by atoms with E-state index in [1.54, 1.807) is 19.2 Å². The van der Waals surface area contributed by atoms with Gasteiger partial charge in [0.25, 0.3) is 0 Å². The molecule has 5 heteroatoms. The Bertz CT molecular complexity index is 911. The van der Waals surface area contributed by atoms with Crippen LogP contribution in [0, 0.1) is 6.92 Å². The van der Waals surface area contributed by atoms with Gasteiger partial charge in [-0.15, -0.1) is 0 Å². The molecule has 3 aromatic carbocycles. The number of ether oxygens (including phenoxy) is 2. The van der Waals surface area contributed by atoms with Gasteiger partial charge in [-0.2, -0.15) is 0 Å². The Morgan fingerprint density at radius 1 is 0.852 bits per heavy atom. The second kappa shape index (κ2) is 9.03. The molecule has 0 radical (unpaired) electrons. The minimum atomic E-state index is 0.495. The highest BCUT2D eigenvalue weighted by molar-refractivity contribution is 6.36. The van der Waals surface area contributed by atoms with Crippen molar-refractivity contribution < 1.29 is 9.47 Å². The molecule has 0 saturated carbocycles. The first kappa shape index (κ1) is 19.4. The fraction of sp³-hybridized carbons (Fsp3) is 0.182. The third-order valence-corrected chi connectivity index (χ3v) is 4.70. The van der Waals surface area contributed by atoms with Crippen LogP contribution in [0.3, 0.4) is 0 Å². The van der Waals surface area contributed by atoms with Gasteiger partial charge in [-0.05, 0) is 48.4 Å². The number of aryl methyl sites for hydroxylation is 1. The Balaban J connectivity index is 1.65. The molecule has 0 saturated heterocycles. The monoisotopic (exact) mass is 401 g/mol. The number of hydrogen-bond donors (Lipinski definition) is 1. The molecule has 0 aliphatic rings. The molecule has 0 fully saturated rings. The lowest BCUT2D eigenvalue weighted by Gasteiger charge is -2.14. The predicted molar refractivity (Wildman–Crippen MR) is 112 cm³/mol. The average molecular weight is 402 g/mol. The van der Waals surface area contributed by atoms with E-state index in [0.717, 1.165) is 16.8 Å². The summed E-state index contributed by atoms with van der Waals surface area (Å²) in [7, 11) is 1.64. The summed E-state index contributed by atoms with van der Waals surface area (Å²) in [5.74, 6) is 1.41. The van der Waals surface area contributed by atoms with Gasteiger partial charge in [0.1, 0.15) is 6.61 Å². The lowest BCUT2D eigenvalue weighted by atomic mass is 10.1. The molecule has 0 aliphatic heterocycles. The SMILES string of the molecule is COc1cc(CNc2ccc(Cl)cc2Cl)ccc1OCc1ccc(C)cc1. The molecule has 0 unspecified atom stereocenters. The zero-order valence-corrected chi connectivity index (χ0v) is 16.8. The number of anilines is 1. The van der Waals surface area contributed by atoms with E-state index in [-0.39, 0.29) is 0 Å². The first-order valence-corrected chi connectivity index (χ1v) is 9.35. The van der Waals surface area contributed by atoms with Crippen LogP contribution in [0.5, 0.6) is 11.5 Å². The van der Waals surface area contributed by atoms with Crippen molar-refractivity contribution in [2.45, 2.75) is 20.1 Å². The van der Waals surface area contributed by atoms with E-state index in [1.807, 2.05) is 24.3 Å². The second-order valence-corrected chi connectivity index (χ2v) is 7.08. The summed E-state index contributed by atoms with van der Waals surface area (Å²) in [4.78, 5) is 0. The minimum absolute atomic E-state index is 0.495. The molecular weight excluding hydrogens is 381 g/mol. The van der Waals surface area contributed by atoms with Crippen molar-refractivity contribution in [3.8, 4) is 11.5 Å². The third-order valence-electron chi connectivity index (χ3n) is 4.16. The number of hydrogen-bond acceptors (Lipinski definition) is 3. The van der Waals surface area contributed by atoms with Gasteiger partial charge in [0.2, 0.25) is 0 Å². The highest BCUT2D eigenvalue weighted by Crippen LogP contribution is 2.30. The molecule has 0 spiro atoms. The Kier molecular flexibility index (Phi) is 6.49. The van der Waals surface area contributed by atoms with Crippen molar-refractivity contribution in [1.82, 2.24) is 0 Å². The summed E-state index contributed by atoms with van der Waals surface area (Å²) >= 11 is 12.1. The van der Waals surface area contributed by atoms with E-state index in [1.165, 1.54) is 5.56 Å². The zero-order valence-electron chi connectivity index (χ0n) is 15.3. The lowest BCUT2D eigenvalue weighted by molar-refractivity contribution is 0.284. The maximum atomic E-state index is 6.20. The van der Waals surface area contributed by atoms with Gasteiger partial charge in [-0.25, -0.2) is 0 Å². The number of nitrogens with one attached hydrogen (secondary N) is 1. The molecule has 3 nitrogen and oxygen atoms in total. The van der Waals surface area contributed by atoms with Gasteiger partial charge in [-0.1, -0.05) is 59.1 Å². The maximum Gasteiger partial charge on any atom is 0.161 e. The molecule has 3 aromatic rings. The lowest BCUT2D eigenvalue weighted by Crippen LogP contribution is -2.02. The van der Waals surface area contributed by atoms with Crippen molar-refractivity contribution in [3.63, 3.8) is 0 Å². The molecule has 0 aromatic heterocycles. The predicted octanol–water partition coefficient (Wildman–Crippen LogP) is 6.50. The molecule has 27 heavy (non-hydrogen) atoms. The van der Waals surface area contributed by atoms with Crippen LogP contribution in [-0.4, -0.2) is 7.11 Å². The van der Waals surface area contributed by atoms with Crippen molar-refractivity contribution in [3.05, 3.63) is 87.4 Å². The molecule has 0 bridgehead atoms. The largest absolute Gasteiger partial charge is 0.493 e. The van der Waals surface area contributed by atoms with E-state index < -0.39 is 0 Å². The molecule has 140 valence electrons. The summed E-state index contributed by atoms with van der Waals surface area (Å²) in [6.07, 6.45) is 0. The zero-order chi connectivity index (χ0) is 19.2. The summed E-state index contributed by atoms with van der Waals surface area (Å²) < 4.78 is 11.4. The van der Waals surface area contributed by atoms with Crippen LogP contribution in [0.25, 0.3) is 0 Å². The van der Waals surface area contributed by atoms with Crippen LogP contribution in [0.1, 0.15) is 16.7 Å². The van der Waals surface area contributed by atoms with Crippen LogP contribution in [0.4, 0.5) is 5.69 Å². The maximum absolute atomic E-state index is 6.20. The van der Waals surface area contributed by atoms with Crippen molar-refractivity contribution in [1.29, 1.82) is 0 Å². The molecule has 0 aliphatic carbocycles. The highest BCUT2D eigenvalue weighted by Gasteiger charge is 2.07. The van der Waals surface area contributed by atoms with E-state index in [0.29, 0.717) is 34.7 Å². The smallest absolute Gasteiger partial charge is 0.161 e. The van der Waals surface area contributed by atoms with Gasteiger partial charge < -0.3 is 14.8 Å². The van der Waals surface area contributed by atoms with Gasteiger partial charge in [-0.3, -0.25) is 0 Å². The van der Waals surface area contributed by atoms with Crippen LogP contribution in [-0.2, 0) is 13.2 Å². The fourth-order valence-electron chi connectivity index (χ4n) is 2.62. The third kappa shape index (κ3) is 5.31. The van der Waals surface area contributed by atoms with Gasteiger partial charge >= 0.3 is 0 Å². The van der Waals surface area contributed by atoms with Crippen molar-refractivity contribution in [2.75, 3.05) is 12.4 Å². The van der Waals surface area contributed by atoms with Gasteiger partial charge in [0.05, 0.1) is 17.8 Å². The van der Waals surface area contributed by atoms with Gasteiger partial charge in [0.15, 0.2) is 11.5 Å². The Morgan fingerprint density at radius 3 is 2.30 bits per heavy atom. The first-order valence-electron chi connectivity index (χ1n) is 8.59. The van der Waals surface area contributed by atoms with Crippen LogP contribution < -0.4 is 14.8 Å². The fourth-order valence-corrected chi connectivity index (χ4v) is 3.09. The van der Waals surface area contributed by atoms with Crippen LogP contribution in [0.15, 0.2) is 60.7 Å². The number of benzene rings is 3. The summed E-state index contributed by atoms with van der Waals surface area (Å²) in [5, 5.41) is 4.51. The van der Waals surface area contributed by atoms with Gasteiger partial charge in [0, 0.05) is 11.6 Å². The Hall–Kier alpha value is -2.36. The Morgan fingerprint density at radius 2 is 1.59 bits per heavy atom.